The Hall–Kier alpha value is -1.37. The van der Waals surface area contributed by atoms with Gasteiger partial charge in [-0.1, -0.05) is 13.3 Å². The number of rotatable bonds is 8. The Kier molecular flexibility index (Phi) is 5.84. The van der Waals surface area contributed by atoms with Crippen LogP contribution in [0.25, 0.3) is 0 Å². The molecule has 0 saturated carbocycles. The van der Waals surface area contributed by atoms with Crippen molar-refractivity contribution in [2.75, 3.05) is 30.8 Å². The molecular weight excluding hydrogens is 242 g/mol. The van der Waals surface area contributed by atoms with Gasteiger partial charge in [0, 0.05) is 13.6 Å². The molecule has 0 spiro atoms. The summed E-state index contributed by atoms with van der Waals surface area (Å²) in [6, 6.07) is 0. The van der Waals surface area contributed by atoms with Crippen LogP contribution in [0.15, 0.2) is 0 Å². The number of hydrogen-bond donors (Lipinski definition) is 2. The van der Waals surface area contributed by atoms with Gasteiger partial charge in [0.1, 0.15) is 12.4 Å². The zero-order valence-corrected chi connectivity index (χ0v) is 10.7. The lowest BCUT2D eigenvalue weighted by molar-refractivity contribution is 0.0214. The van der Waals surface area contributed by atoms with Gasteiger partial charge in [0.2, 0.25) is 0 Å². The van der Waals surface area contributed by atoms with Gasteiger partial charge in [-0.3, -0.25) is 4.68 Å². The van der Waals surface area contributed by atoms with Gasteiger partial charge in [-0.15, -0.1) is 0 Å². The first-order chi connectivity index (χ1) is 8.56. The van der Waals surface area contributed by atoms with E-state index >= 15 is 0 Å². The third-order valence-corrected chi connectivity index (χ3v) is 2.43. The first kappa shape index (κ1) is 14.7. The topological polar surface area (TPSA) is 65.1 Å². The highest BCUT2D eigenvalue weighted by molar-refractivity contribution is 5.65. The van der Waals surface area contributed by atoms with Crippen molar-refractivity contribution in [3.63, 3.8) is 0 Å². The number of alkyl halides is 2. The molecule has 104 valence electrons. The second-order valence-corrected chi connectivity index (χ2v) is 3.98. The fourth-order valence-corrected chi connectivity index (χ4v) is 1.64. The average molecular weight is 262 g/mol. The maximum Gasteiger partial charge on any atom is 0.261 e. The molecule has 1 aromatic rings. The zero-order valence-electron chi connectivity index (χ0n) is 10.7. The monoisotopic (exact) mass is 262 g/mol. The molecule has 0 amide bonds. The summed E-state index contributed by atoms with van der Waals surface area (Å²) in [5.41, 5.74) is 7.42. The standard InChI is InChI=1S/C11H20F2N4O/c1-3-4-8-10(14)11(17(2)16-8)15-5-6-18-7-9(12)13/h9,15H,3-7,14H2,1-2H3. The average Bonchev–Trinajstić information content (AvgIpc) is 2.56. The first-order valence-corrected chi connectivity index (χ1v) is 5.97. The second kappa shape index (κ2) is 7.15. The molecule has 0 aliphatic rings. The SMILES string of the molecule is CCCc1nn(C)c(NCCOCC(F)F)c1N. The van der Waals surface area contributed by atoms with E-state index in [1.54, 1.807) is 11.7 Å². The summed E-state index contributed by atoms with van der Waals surface area (Å²) in [5, 5.41) is 7.33. The lowest BCUT2D eigenvalue weighted by Gasteiger charge is -2.08. The summed E-state index contributed by atoms with van der Waals surface area (Å²) in [7, 11) is 1.79. The normalized spacial score (nSPS) is 11.2. The Labute approximate surface area is 105 Å². The molecule has 0 aliphatic heterocycles. The smallest absolute Gasteiger partial charge is 0.261 e. The lowest BCUT2D eigenvalue weighted by Crippen LogP contribution is -2.15. The highest BCUT2D eigenvalue weighted by Gasteiger charge is 2.11. The number of anilines is 2. The molecule has 0 fully saturated rings. The molecule has 1 rings (SSSR count). The molecule has 0 radical (unpaired) electrons. The lowest BCUT2D eigenvalue weighted by atomic mass is 10.2. The first-order valence-electron chi connectivity index (χ1n) is 5.97. The molecule has 0 saturated heterocycles. The number of nitrogens with zero attached hydrogens (tertiary/aromatic N) is 2. The van der Waals surface area contributed by atoms with Crippen molar-refractivity contribution < 1.29 is 13.5 Å². The molecule has 1 aromatic heterocycles. The number of hydrogen-bond acceptors (Lipinski definition) is 4. The molecule has 18 heavy (non-hydrogen) atoms. The molecule has 0 unspecified atom stereocenters. The molecule has 0 aromatic carbocycles. The van der Waals surface area contributed by atoms with Crippen LogP contribution in [0.4, 0.5) is 20.3 Å². The van der Waals surface area contributed by atoms with Gasteiger partial charge >= 0.3 is 0 Å². The van der Waals surface area contributed by atoms with Crippen molar-refractivity contribution in [2.45, 2.75) is 26.2 Å². The maximum atomic E-state index is 11.8. The van der Waals surface area contributed by atoms with Crippen molar-refractivity contribution in [3.05, 3.63) is 5.69 Å². The van der Waals surface area contributed by atoms with Gasteiger partial charge < -0.3 is 15.8 Å². The Morgan fingerprint density at radius 2 is 2.22 bits per heavy atom. The van der Waals surface area contributed by atoms with E-state index in [1.165, 1.54) is 0 Å². The van der Waals surface area contributed by atoms with Gasteiger partial charge in [0.05, 0.1) is 18.0 Å². The predicted octanol–water partition coefficient (Wildman–Crippen LogP) is 1.65. The van der Waals surface area contributed by atoms with Gasteiger partial charge in [-0.05, 0) is 6.42 Å². The van der Waals surface area contributed by atoms with Gasteiger partial charge in [-0.2, -0.15) is 5.10 Å². The Bertz CT molecular complexity index is 368. The number of aryl methyl sites for hydroxylation is 2. The molecule has 5 nitrogen and oxygen atoms in total. The van der Waals surface area contributed by atoms with Crippen LogP contribution < -0.4 is 11.1 Å². The predicted molar refractivity (Wildman–Crippen MR) is 66.9 cm³/mol. The summed E-state index contributed by atoms with van der Waals surface area (Å²) >= 11 is 0. The van der Waals surface area contributed by atoms with Gasteiger partial charge in [0.15, 0.2) is 0 Å². The van der Waals surface area contributed by atoms with E-state index in [-0.39, 0.29) is 6.61 Å². The van der Waals surface area contributed by atoms with Crippen LogP contribution in [-0.4, -0.2) is 36.0 Å². The number of nitrogens with two attached hydrogens (primary N) is 1. The highest BCUT2D eigenvalue weighted by atomic mass is 19.3. The highest BCUT2D eigenvalue weighted by Crippen LogP contribution is 2.22. The Morgan fingerprint density at radius 3 is 2.83 bits per heavy atom. The zero-order chi connectivity index (χ0) is 13.5. The Balaban J connectivity index is 2.42. The van der Waals surface area contributed by atoms with E-state index in [2.05, 4.69) is 17.3 Å². The summed E-state index contributed by atoms with van der Waals surface area (Å²) in [5.74, 6) is 0.707. The van der Waals surface area contributed by atoms with Crippen molar-refractivity contribution >= 4 is 11.5 Å². The minimum absolute atomic E-state index is 0.206. The molecule has 3 N–H and O–H groups in total. The molecule has 0 atom stereocenters. The molecule has 1 heterocycles. The largest absolute Gasteiger partial charge is 0.394 e. The van der Waals surface area contributed by atoms with E-state index in [0.717, 1.165) is 18.5 Å². The van der Waals surface area contributed by atoms with Crippen LogP contribution in [0.2, 0.25) is 0 Å². The van der Waals surface area contributed by atoms with Crippen LogP contribution in [0.1, 0.15) is 19.0 Å². The Morgan fingerprint density at radius 1 is 1.50 bits per heavy atom. The van der Waals surface area contributed by atoms with E-state index in [1.807, 2.05) is 0 Å². The third kappa shape index (κ3) is 4.14. The van der Waals surface area contributed by atoms with Crippen molar-refractivity contribution in [1.29, 1.82) is 0 Å². The second-order valence-electron chi connectivity index (χ2n) is 3.98. The molecular formula is C11H20F2N4O. The fourth-order valence-electron chi connectivity index (χ4n) is 1.64. The van der Waals surface area contributed by atoms with E-state index < -0.39 is 13.0 Å². The quantitative estimate of drug-likeness (QED) is 0.699. The van der Waals surface area contributed by atoms with E-state index in [9.17, 15) is 8.78 Å². The number of nitrogens with one attached hydrogen (secondary N) is 1. The fraction of sp³-hybridized carbons (Fsp3) is 0.727. The minimum Gasteiger partial charge on any atom is -0.394 e. The number of aromatic nitrogens is 2. The van der Waals surface area contributed by atoms with E-state index in [4.69, 9.17) is 10.5 Å². The maximum absolute atomic E-state index is 11.8. The number of halogens is 2. The van der Waals surface area contributed by atoms with Crippen LogP contribution in [0.5, 0.6) is 0 Å². The summed E-state index contributed by atoms with van der Waals surface area (Å²) in [4.78, 5) is 0. The summed E-state index contributed by atoms with van der Waals surface area (Å²) < 4.78 is 30.1. The van der Waals surface area contributed by atoms with Crippen molar-refractivity contribution in [2.24, 2.45) is 7.05 Å². The summed E-state index contributed by atoms with van der Waals surface area (Å²) in [6.07, 6.45) is -0.635. The van der Waals surface area contributed by atoms with Crippen molar-refractivity contribution in [3.8, 4) is 0 Å². The molecule has 0 bridgehead atoms. The number of ether oxygens (including phenoxy) is 1. The van der Waals surface area contributed by atoms with Gasteiger partial charge in [0.25, 0.3) is 6.43 Å². The van der Waals surface area contributed by atoms with Crippen molar-refractivity contribution in [1.82, 2.24) is 9.78 Å². The van der Waals surface area contributed by atoms with Crippen LogP contribution >= 0.6 is 0 Å². The van der Waals surface area contributed by atoms with Crippen LogP contribution in [0.3, 0.4) is 0 Å². The van der Waals surface area contributed by atoms with E-state index in [0.29, 0.717) is 18.1 Å². The number of nitrogen functional groups attached to an aromatic ring is 1. The third-order valence-electron chi connectivity index (χ3n) is 2.43. The minimum atomic E-state index is -2.43. The summed E-state index contributed by atoms with van der Waals surface area (Å²) in [6.45, 7) is 2.14. The van der Waals surface area contributed by atoms with Crippen LogP contribution in [0, 0.1) is 0 Å². The molecule has 7 heteroatoms. The molecule has 0 aliphatic carbocycles. The van der Waals surface area contributed by atoms with Gasteiger partial charge in [-0.25, -0.2) is 8.78 Å². The van der Waals surface area contributed by atoms with Crippen LogP contribution in [-0.2, 0) is 18.2 Å².